The zero-order valence-electron chi connectivity index (χ0n) is 23.3. The average molecular weight is 586 g/mol. The molecule has 3 aromatic rings. The molecule has 9 nitrogen and oxygen atoms in total. The van der Waals surface area contributed by atoms with Crippen LogP contribution < -0.4 is 19.1 Å². The number of anilines is 1. The van der Waals surface area contributed by atoms with Crippen molar-refractivity contribution in [1.29, 1.82) is 0 Å². The zero-order valence-corrected chi connectivity index (χ0v) is 24.9. The Labute approximate surface area is 240 Å². The topological polar surface area (TPSA) is 105 Å². The zero-order chi connectivity index (χ0) is 29.3. The molecule has 0 aliphatic heterocycles. The van der Waals surface area contributed by atoms with Crippen molar-refractivity contribution in [3.05, 3.63) is 78.4 Å². The molecule has 40 heavy (non-hydrogen) atoms. The van der Waals surface area contributed by atoms with Crippen molar-refractivity contribution in [2.24, 2.45) is 0 Å². The summed E-state index contributed by atoms with van der Waals surface area (Å²) in [6.45, 7) is 3.47. The minimum atomic E-state index is -4.15. The summed E-state index contributed by atoms with van der Waals surface area (Å²) in [5, 5.41) is 2.57. The van der Waals surface area contributed by atoms with Crippen LogP contribution in [0.2, 0.25) is 0 Å². The van der Waals surface area contributed by atoms with Crippen molar-refractivity contribution in [2.75, 3.05) is 37.9 Å². The van der Waals surface area contributed by atoms with Crippen LogP contribution >= 0.6 is 11.8 Å². The smallest absolute Gasteiger partial charge is 0.264 e. The quantitative estimate of drug-likeness (QED) is 0.300. The number of ether oxygens (including phenoxy) is 2. The first-order valence-electron chi connectivity index (χ1n) is 12.7. The number of rotatable bonds is 13. The van der Waals surface area contributed by atoms with Crippen LogP contribution in [-0.2, 0) is 26.2 Å². The van der Waals surface area contributed by atoms with Crippen molar-refractivity contribution < 1.29 is 27.5 Å². The maximum absolute atomic E-state index is 13.9. The van der Waals surface area contributed by atoms with Gasteiger partial charge in [0.25, 0.3) is 10.0 Å². The van der Waals surface area contributed by atoms with E-state index in [-0.39, 0.29) is 17.3 Å². The van der Waals surface area contributed by atoms with Gasteiger partial charge in [-0.1, -0.05) is 12.1 Å². The highest BCUT2D eigenvalue weighted by atomic mass is 32.2. The van der Waals surface area contributed by atoms with E-state index in [0.29, 0.717) is 23.8 Å². The van der Waals surface area contributed by atoms with Crippen LogP contribution in [0.1, 0.15) is 19.4 Å². The summed E-state index contributed by atoms with van der Waals surface area (Å²) in [7, 11) is -1.12. The molecule has 0 aliphatic rings. The summed E-state index contributed by atoms with van der Waals surface area (Å²) >= 11 is 1.50. The number of carbonyl (C=O) groups excluding carboxylic acids is 2. The largest absolute Gasteiger partial charge is 0.497 e. The van der Waals surface area contributed by atoms with Crippen molar-refractivity contribution in [3.63, 3.8) is 0 Å². The van der Waals surface area contributed by atoms with Gasteiger partial charge in [0, 0.05) is 18.5 Å². The van der Waals surface area contributed by atoms with Crippen LogP contribution in [0, 0.1) is 0 Å². The van der Waals surface area contributed by atoms with Crippen LogP contribution in [0.5, 0.6) is 11.5 Å². The van der Waals surface area contributed by atoms with E-state index in [1.807, 2.05) is 19.2 Å². The molecule has 3 rings (SSSR count). The Morgan fingerprint density at radius 2 is 1.68 bits per heavy atom. The lowest BCUT2D eigenvalue weighted by molar-refractivity contribution is -0.139. The van der Waals surface area contributed by atoms with Crippen molar-refractivity contribution in [2.45, 2.75) is 36.2 Å². The molecule has 214 valence electrons. The fourth-order valence-electron chi connectivity index (χ4n) is 4.04. The Balaban J connectivity index is 2.03. The van der Waals surface area contributed by atoms with E-state index in [9.17, 15) is 18.0 Å². The Hall–Kier alpha value is -3.70. The minimum absolute atomic E-state index is 0.0469. The Morgan fingerprint density at radius 3 is 2.25 bits per heavy atom. The molecule has 11 heteroatoms. The second-order valence-corrected chi connectivity index (χ2v) is 11.5. The number of hydrogen-bond donors (Lipinski definition) is 1. The fraction of sp³-hybridized carbons (Fsp3) is 0.310. The molecule has 0 bridgehead atoms. The lowest BCUT2D eigenvalue weighted by Crippen LogP contribution is -2.50. The van der Waals surface area contributed by atoms with Gasteiger partial charge in [0.2, 0.25) is 11.8 Å². The Bertz CT molecular complexity index is 1400. The van der Waals surface area contributed by atoms with E-state index >= 15 is 0 Å². The summed E-state index contributed by atoms with van der Waals surface area (Å²) in [6.07, 6.45) is 1.90. The number of carbonyl (C=O) groups is 2. The maximum atomic E-state index is 13.9. The predicted octanol–water partition coefficient (Wildman–Crippen LogP) is 4.17. The van der Waals surface area contributed by atoms with Gasteiger partial charge in [-0.25, -0.2) is 8.42 Å². The number of methoxy groups -OCH3 is 1. The number of nitrogens with one attached hydrogen (secondary N) is 1. The standard InChI is InChI=1S/C29H35N3O6S2/c1-6-38-24-12-10-23(11-13-24)32(40(35,36)27-16-14-26(39-5)15-17-27)20-28(33)31(21(2)29(34)30-3)19-22-8-7-9-25(18-22)37-4/h7-18,21H,6,19-20H2,1-5H3,(H,30,34)/t21-/m1/s1. The first-order chi connectivity index (χ1) is 19.1. The highest BCUT2D eigenvalue weighted by molar-refractivity contribution is 7.98. The van der Waals surface area contributed by atoms with E-state index in [0.717, 1.165) is 14.8 Å². The summed E-state index contributed by atoms with van der Waals surface area (Å²) in [5.41, 5.74) is 1.02. The molecule has 2 amide bonds. The molecule has 0 fully saturated rings. The molecule has 3 aromatic carbocycles. The van der Waals surface area contributed by atoms with E-state index in [1.54, 1.807) is 68.6 Å². The highest BCUT2D eigenvalue weighted by Gasteiger charge is 2.32. The monoisotopic (exact) mass is 585 g/mol. The molecule has 0 spiro atoms. The minimum Gasteiger partial charge on any atom is -0.497 e. The van der Waals surface area contributed by atoms with E-state index in [1.165, 1.54) is 35.8 Å². The third-order valence-electron chi connectivity index (χ3n) is 6.26. The lowest BCUT2D eigenvalue weighted by Gasteiger charge is -2.32. The average Bonchev–Trinajstić information content (AvgIpc) is 2.98. The molecule has 0 aliphatic carbocycles. The number of amides is 2. The third-order valence-corrected chi connectivity index (χ3v) is 8.79. The fourth-order valence-corrected chi connectivity index (χ4v) is 5.86. The first-order valence-corrected chi connectivity index (χ1v) is 15.3. The molecule has 0 saturated carbocycles. The van der Waals surface area contributed by atoms with Crippen LogP contribution in [0.15, 0.2) is 82.6 Å². The number of hydrogen-bond acceptors (Lipinski definition) is 7. The Morgan fingerprint density at radius 1 is 1.00 bits per heavy atom. The van der Waals surface area contributed by atoms with Gasteiger partial charge in [-0.2, -0.15) is 0 Å². The molecular formula is C29H35N3O6S2. The van der Waals surface area contributed by atoms with Gasteiger partial charge < -0.3 is 19.7 Å². The van der Waals surface area contributed by atoms with E-state index in [2.05, 4.69) is 5.32 Å². The number of thioether (sulfide) groups is 1. The van der Waals surface area contributed by atoms with Gasteiger partial charge in [0.05, 0.1) is 24.3 Å². The van der Waals surface area contributed by atoms with Crippen LogP contribution in [0.25, 0.3) is 0 Å². The van der Waals surface area contributed by atoms with Gasteiger partial charge in [0.15, 0.2) is 0 Å². The van der Waals surface area contributed by atoms with Gasteiger partial charge in [-0.3, -0.25) is 13.9 Å². The molecule has 0 saturated heterocycles. The van der Waals surface area contributed by atoms with Gasteiger partial charge >= 0.3 is 0 Å². The summed E-state index contributed by atoms with van der Waals surface area (Å²) in [5.74, 6) is 0.258. The van der Waals surface area contributed by atoms with Crippen molar-refractivity contribution >= 4 is 39.3 Å². The van der Waals surface area contributed by atoms with Crippen LogP contribution in [0.3, 0.4) is 0 Å². The van der Waals surface area contributed by atoms with E-state index in [4.69, 9.17) is 9.47 Å². The number of likely N-dealkylation sites (N-methyl/N-ethyl adjacent to an activating group) is 1. The third kappa shape index (κ3) is 7.48. The first kappa shape index (κ1) is 30.8. The normalized spacial score (nSPS) is 11.8. The van der Waals surface area contributed by atoms with Crippen molar-refractivity contribution in [1.82, 2.24) is 10.2 Å². The molecule has 0 aromatic heterocycles. The molecule has 0 unspecified atom stereocenters. The molecule has 1 N–H and O–H groups in total. The highest BCUT2D eigenvalue weighted by Crippen LogP contribution is 2.28. The second kappa shape index (κ2) is 14.1. The molecule has 1 atom stereocenters. The lowest BCUT2D eigenvalue weighted by atomic mass is 10.1. The summed E-state index contributed by atoms with van der Waals surface area (Å²) in [4.78, 5) is 28.8. The second-order valence-electron chi connectivity index (χ2n) is 8.78. The number of sulfonamides is 1. The number of nitrogens with zero attached hydrogens (tertiary/aromatic N) is 2. The summed E-state index contributed by atoms with van der Waals surface area (Å²) < 4.78 is 39.7. The molecule has 0 heterocycles. The van der Waals surface area contributed by atoms with Crippen LogP contribution in [-0.4, -0.2) is 64.7 Å². The van der Waals surface area contributed by atoms with E-state index < -0.39 is 28.5 Å². The molecular weight excluding hydrogens is 550 g/mol. The maximum Gasteiger partial charge on any atom is 0.264 e. The predicted molar refractivity (Wildman–Crippen MR) is 157 cm³/mol. The molecule has 0 radical (unpaired) electrons. The van der Waals surface area contributed by atoms with Gasteiger partial charge in [-0.05, 0) is 86.3 Å². The number of benzene rings is 3. The summed E-state index contributed by atoms with van der Waals surface area (Å²) in [6, 6.07) is 19.3. The SMILES string of the molecule is CCOc1ccc(N(CC(=O)N(Cc2cccc(OC)c2)[C@H](C)C(=O)NC)S(=O)(=O)c2ccc(SC)cc2)cc1. The van der Waals surface area contributed by atoms with Gasteiger partial charge in [0.1, 0.15) is 24.1 Å². The van der Waals surface area contributed by atoms with Crippen LogP contribution in [0.4, 0.5) is 5.69 Å². The van der Waals surface area contributed by atoms with Gasteiger partial charge in [-0.15, -0.1) is 11.8 Å². The van der Waals surface area contributed by atoms with Crippen molar-refractivity contribution in [3.8, 4) is 11.5 Å². The Kier molecular flexibility index (Phi) is 10.9.